The molecule has 27 heavy (non-hydrogen) atoms. The number of amides is 1. The van der Waals surface area contributed by atoms with E-state index in [9.17, 15) is 18.0 Å². The van der Waals surface area contributed by atoms with Gasteiger partial charge in [-0.1, -0.05) is 6.92 Å². The smallest absolute Gasteiger partial charge is 0.342 e. The molecule has 1 aromatic carbocycles. The molecule has 10 heteroatoms. The van der Waals surface area contributed by atoms with Gasteiger partial charge in [0.15, 0.2) is 6.61 Å². The zero-order valence-corrected chi connectivity index (χ0v) is 16.2. The zero-order chi connectivity index (χ0) is 19.9. The molecule has 0 aromatic heterocycles. The third-order valence-electron chi connectivity index (χ3n) is 3.91. The van der Waals surface area contributed by atoms with Crippen molar-refractivity contribution in [3.63, 3.8) is 0 Å². The molecule has 0 radical (unpaired) electrons. The van der Waals surface area contributed by atoms with Gasteiger partial charge in [-0.25, -0.2) is 13.2 Å². The summed E-state index contributed by atoms with van der Waals surface area (Å²) >= 11 is 0. The number of sulfonamides is 1. The van der Waals surface area contributed by atoms with Crippen molar-refractivity contribution in [2.24, 2.45) is 0 Å². The number of carbonyl (C=O) groups is 2. The molecule has 1 amide bonds. The topological polar surface area (TPSA) is 111 Å². The Bertz CT molecular complexity index is 773. The second-order valence-corrected chi connectivity index (χ2v) is 7.74. The lowest BCUT2D eigenvalue weighted by molar-refractivity contribution is -0.124. The van der Waals surface area contributed by atoms with Crippen LogP contribution in [0.2, 0.25) is 0 Å². The van der Waals surface area contributed by atoms with E-state index in [1.807, 2.05) is 6.92 Å². The van der Waals surface area contributed by atoms with Crippen LogP contribution in [0, 0.1) is 0 Å². The Morgan fingerprint density at radius 1 is 1.26 bits per heavy atom. The van der Waals surface area contributed by atoms with Gasteiger partial charge in [-0.3, -0.25) is 4.79 Å². The van der Waals surface area contributed by atoms with E-state index in [1.54, 1.807) is 0 Å². The minimum atomic E-state index is -3.78. The first-order chi connectivity index (χ1) is 12.9. The van der Waals surface area contributed by atoms with Gasteiger partial charge in [-0.2, -0.15) is 4.31 Å². The molecule has 0 aliphatic carbocycles. The van der Waals surface area contributed by atoms with Gasteiger partial charge in [0.25, 0.3) is 5.91 Å². The molecule has 1 saturated heterocycles. The molecule has 1 fully saturated rings. The minimum absolute atomic E-state index is 0.0485. The Balaban J connectivity index is 2.19. The average molecular weight is 400 g/mol. The highest BCUT2D eigenvalue weighted by molar-refractivity contribution is 7.89. The van der Waals surface area contributed by atoms with Crippen LogP contribution in [0.15, 0.2) is 23.1 Å². The fraction of sp³-hybridized carbons (Fsp3) is 0.529. The van der Waals surface area contributed by atoms with Gasteiger partial charge in [-0.05, 0) is 24.6 Å². The molecule has 1 aliphatic heterocycles. The van der Waals surface area contributed by atoms with Crippen LogP contribution in [-0.4, -0.2) is 71.2 Å². The summed E-state index contributed by atoms with van der Waals surface area (Å²) in [6, 6.07) is 3.96. The number of nitrogens with zero attached hydrogens (tertiary/aromatic N) is 1. The number of hydrogen-bond donors (Lipinski definition) is 1. The van der Waals surface area contributed by atoms with Crippen LogP contribution >= 0.6 is 0 Å². The van der Waals surface area contributed by atoms with Crippen molar-refractivity contribution in [1.82, 2.24) is 9.62 Å². The predicted octanol–water partition coefficient (Wildman–Crippen LogP) is 0.399. The van der Waals surface area contributed by atoms with Crippen LogP contribution in [0.4, 0.5) is 0 Å². The number of esters is 1. The number of morpholine rings is 1. The Morgan fingerprint density at radius 3 is 2.59 bits per heavy atom. The summed E-state index contributed by atoms with van der Waals surface area (Å²) in [6.45, 7) is 3.04. The SMILES string of the molecule is CCCNC(=O)COC(=O)c1cc(S(=O)(=O)N2CCOCC2)ccc1OC. The lowest BCUT2D eigenvalue weighted by atomic mass is 10.2. The summed E-state index contributed by atoms with van der Waals surface area (Å²) in [7, 11) is -2.42. The maximum Gasteiger partial charge on any atom is 0.342 e. The van der Waals surface area contributed by atoms with Crippen molar-refractivity contribution in [3.05, 3.63) is 23.8 Å². The molecule has 0 saturated carbocycles. The summed E-state index contributed by atoms with van der Waals surface area (Å²) in [4.78, 5) is 23.9. The van der Waals surface area contributed by atoms with Gasteiger partial charge < -0.3 is 19.5 Å². The quantitative estimate of drug-likeness (QED) is 0.629. The third kappa shape index (κ3) is 5.41. The Morgan fingerprint density at radius 2 is 1.96 bits per heavy atom. The minimum Gasteiger partial charge on any atom is -0.496 e. The fourth-order valence-corrected chi connectivity index (χ4v) is 3.90. The van der Waals surface area contributed by atoms with E-state index in [-0.39, 0.29) is 29.3 Å². The molecule has 0 unspecified atom stereocenters. The van der Waals surface area contributed by atoms with Crippen LogP contribution in [0.5, 0.6) is 5.75 Å². The monoisotopic (exact) mass is 400 g/mol. The lowest BCUT2D eigenvalue weighted by Gasteiger charge is -2.26. The summed E-state index contributed by atoms with van der Waals surface area (Å²) < 4.78 is 42.1. The Kier molecular flexibility index (Phi) is 7.57. The average Bonchev–Trinajstić information content (AvgIpc) is 2.70. The van der Waals surface area contributed by atoms with Gasteiger partial charge in [0, 0.05) is 19.6 Å². The second-order valence-electron chi connectivity index (χ2n) is 5.80. The molecule has 9 nitrogen and oxygen atoms in total. The first-order valence-corrected chi connectivity index (χ1v) is 10.0. The summed E-state index contributed by atoms with van der Waals surface area (Å²) in [5.41, 5.74) is -0.0601. The van der Waals surface area contributed by atoms with E-state index in [1.165, 1.54) is 29.6 Å². The zero-order valence-electron chi connectivity index (χ0n) is 15.4. The van der Waals surface area contributed by atoms with Crippen molar-refractivity contribution in [2.45, 2.75) is 18.2 Å². The molecule has 2 rings (SSSR count). The molecular weight excluding hydrogens is 376 g/mol. The van der Waals surface area contributed by atoms with E-state index in [4.69, 9.17) is 14.2 Å². The van der Waals surface area contributed by atoms with E-state index >= 15 is 0 Å². The number of methoxy groups -OCH3 is 1. The summed E-state index contributed by atoms with van der Waals surface area (Å²) in [5.74, 6) is -1.10. The predicted molar refractivity (Wildman–Crippen MR) is 96.2 cm³/mol. The van der Waals surface area contributed by atoms with Gasteiger partial charge in [-0.15, -0.1) is 0 Å². The Labute approximate surface area is 158 Å². The van der Waals surface area contributed by atoms with Crippen LogP contribution in [0.3, 0.4) is 0 Å². The van der Waals surface area contributed by atoms with Crippen LogP contribution < -0.4 is 10.1 Å². The standard InChI is InChI=1S/C17H24N2O7S/c1-3-6-18-16(20)12-26-17(21)14-11-13(4-5-15(14)24-2)27(22,23)19-7-9-25-10-8-19/h4-5,11H,3,6-10,12H2,1-2H3,(H,18,20). The van der Waals surface area contributed by atoms with Gasteiger partial charge in [0.2, 0.25) is 10.0 Å². The molecule has 1 heterocycles. The highest BCUT2D eigenvalue weighted by Crippen LogP contribution is 2.25. The van der Waals surface area contributed by atoms with Crippen molar-refractivity contribution in [2.75, 3.05) is 46.6 Å². The molecule has 0 atom stereocenters. The number of benzene rings is 1. The highest BCUT2D eigenvalue weighted by Gasteiger charge is 2.28. The van der Waals surface area contributed by atoms with E-state index in [2.05, 4.69) is 5.32 Å². The van der Waals surface area contributed by atoms with E-state index in [0.717, 1.165) is 6.42 Å². The molecule has 0 bridgehead atoms. The second kappa shape index (κ2) is 9.67. The molecule has 0 spiro atoms. The number of ether oxygens (including phenoxy) is 3. The van der Waals surface area contributed by atoms with Gasteiger partial charge >= 0.3 is 5.97 Å². The molecule has 1 aliphatic rings. The first kappa shape index (κ1) is 21.1. The van der Waals surface area contributed by atoms with Gasteiger partial charge in [0.05, 0.1) is 25.2 Å². The summed E-state index contributed by atoms with van der Waals surface area (Å²) in [6.07, 6.45) is 0.759. The fourth-order valence-electron chi connectivity index (χ4n) is 2.47. The maximum atomic E-state index is 12.8. The molecule has 1 N–H and O–H groups in total. The normalized spacial score (nSPS) is 15.2. The molecule has 150 valence electrons. The number of rotatable bonds is 8. The number of carbonyl (C=O) groups excluding carboxylic acids is 2. The Hall–Kier alpha value is -2.17. The van der Waals surface area contributed by atoms with E-state index < -0.39 is 28.5 Å². The van der Waals surface area contributed by atoms with E-state index in [0.29, 0.717) is 19.8 Å². The van der Waals surface area contributed by atoms with Crippen LogP contribution in [0.1, 0.15) is 23.7 Å². The molecular formula is C17H24N2O7S. The van der Waals surface area contributed by atoms with Gasteiger partial charge in [0.1, 0.15) is 11.3 Å². The maximum absolute atomic E-state index is 12.8. The number of nitrogens with one attached hydrogen (secondary N) is 1. The third-order valence-corrected chi connectivity index (χ3v) is 5.80. The number of hydrogen-bond acceptors (Lipinski definition) is 7. The van der Waals surface area contributed by atoms with Crippen molar-refractivity contribution >= 4 is 21.9 Å². The van der Waals surface area contributed by atoms with Crippen LogP contribution in [0.25, 0.3) is 0 Å². The molecule has 1 aromatic rings. The first-order valence-electron chi connectivity index (χ1n) is 8.60. The van der Waals surface area contributed by atoms with Crippen LogP contribution in [-0.2, 0) is 24.3 Å². The van der Waals surface area contributed by atoms with Crippen molar-refractivity contribution in [1.29, 1.82) is 0 Å². The summed E-state index contributed by atoms with van der Waals surface area (Å²) in [5, 5.41) is 2.58. The lowest BCUT2D eigenvalue weighted by Crippen LogP contribution is -2.40. The largest absolute Gasteiger partial charge is 0.496 e. The van der Waals surface area contributed by atoms with Crippen molar-refractivity contribution in [3.8, 4) is 5.75 Å². The van der Waals surface area contributed by atoms with Crippen molar-refractivity contribution < 1.29 is 32.2 Å². The highest BCUT2D eigenvalue weighted by atomic mass is 32.2.